The van der Waals surface area contributed by atoms with E-state index < -0.39 is 0 Å². The molecule has 5 heteroatoms. The molecule has 0 N–H and O–H groups in total. The van der Waals surface area contributed by atoms with Gasteiger partial charge in [-0.1, -0.05) is 12.1 Å². The molecule has 4 nitrogen and oxygen atoms in total. The molecule has 0 aliphatic heterocycles. The summed E-state index contributed by atoms with van der Waals surface area (Å²) >= 11 is 1.50. The number of rotatable bonds is 4. The smallest absolute Gasteiger partial charge is 0.258 e. The lowest BCUT2D eigenvalue weighted by atomic mass is 10.2. The van der Waals surface area contributed by atoms with Crippen LogP contribution < -0.4 is 0 Å². The highest BCUT2D eigenvalue weighted by molar-refractivity contribution is 7.99. The van der Waals surface area contributed by atoms with Gasteiger partial charge in [0.25, 0.3) is 5.69 Å². The van der Waals surface area contributed by atoms with Crippen LogP contribution in [0.15, 0.2) is 28.7 Å². The van der Waals surface area contributed by atoms with E-state index in [9.17, 15) is 10.1 Å². The fourth-order valence-electron chi connectivity index (χ4n) is 1.11. The lowest BCUT2D eigenvalue weighted by molar-refractivity contribution is -0.385. The number of benzene rings is 1. The Morgan fingerprint density at radius 2 is 2.20 bits per heavy atom. The molecule has 0 bridgehead atoms. The van der Waals surface area contributed by atoms with E-state index in [0.29, 0.717) is 10.8 Å². The van der Waals surface area contributed by atoms with Crippen LogP contribution in [0.1, 0.15) is 18.4 Å². The van der Waals surface area contributed by atoms with Crippen LogP contribution in [0.25, 0.3) is 0 Å². The fraction of sp³-hybridized carbons (Fsp3) is 0.300. The molecule has 15 heavy (non-hydrogen) atoms. The Morgan fingerprint density at radius 3 is 2.87 bits per heavy atom. The second-order valence-electron chi connectivity index (χ2n) is 3.36. The molecule has 0 spiro atoms. The summed E-state index contributed by atoms with van der Waals surface area (Å²) < 4.78 is 4.13. The Kier molecular flexibility index (Phi) is 3.01. The van der Waals surface area contributed by atoms with Crippen LogP contribution in [0.2, 0.25) is 0 Å². The van der Waals surface area contributed by atoms with E-state index >= 15 is 0 Å². The van der Waals surface area contributed by atoms with Crippen molar-refractivity contribution < 1.29 is 4.92 Å². The average Bonchev–Trinajstić information content (AvgIpc) is 3.02. The highest BCUT2D eigenvalue weighted by Crippen LogP contribution is 2.34. The van der Waals surface area contributed by atoms with Crippen LogP contribution >= 0.6 is 11.9 Å². The van der Waals surface area contributed by atoms with Crippen LogP contribution in [0, 0.1) is 10.1 Å². The number of nitro benzene ring substituents is 1. The van der Waals surface area contributed by atoms with E-state index in [1.54, 1.807) is 24.4 Å². The highest BCUT2D eigenvalue weighted by Gasteiger charge is 2.21. The maximum Gasteiger partial charge on any atom is 0.278 e. The van der Waals surface area contributed by atoms with Gasteiger partial charge in [-0.25, -0.2) is 4.40 Å². The zero-order chi connectivity index (χ0) is 10.7. The summed E-state index contributed by atoms with van der Waals surface area (Å²) in [5, 5.41) is 11.3. The molecule has 0 aromatic heterocycles. The molecule has 0 saturated heterocycles. The van der Waals surface area contributed by atoms with E-state index in [4.69, 9.17) is 0 Å². The van der Waals surface area contributed by atoms with Crippen molar-refractivity contribution in [1.82, 2.24) is 0 Å². The van der Waals surface area contributed by atoms with E-state index in [-0.39, 0.29) is 10.6 Å². The summed E-state index contributed by atoms with van der Waals surface area (Å²) in [4.78, 5) is 10.3. The largest absolute Gasteiger partial charge is 0.278 e. The number of hydrogen-bond acceptors (Lipinski definition) is 4. The zero-order valence-electron chi connectivity index (χ0n) is 8.00. The van der Waals surface area contributed by atoms with Crippen molar-refractivity contribution in [2.45, 2.75) is 18.1 Å². The molecule has 0 amide bonds. The van der Waals surface area contributed by atoms with Crippen molar-refractivity contribution >= 4 is 23.8 Å². The first-order valence-corrected chi connectivity index (χ1v) is 5.53. The Balaban J connectivity index is 2.11. The van der Waals surface area contributed by atoms with Crippen LogP contribution in [0.5, 0.6) is 0 Å². The third kappa shape index (κ3) is 2.79. The van der Waals surface area contributed by atoms with Gasteiger partial charge in [0.2, 0.25) is 0 Å². The Bertz CT molecular complexity index is 402. The Morgan fingerprint density at radius 1 is 1.47 bits per heavy atom. The zero-order valence-corrected chi connectivity index (χ0v) is 8.81. The first-order valence-electron chi connectivity index (χ1n) is 4.70. The molecule has 78 valence electrons. The second-order valence-corrected chi connectivity index (χ2v) is 4.44. The number of nitro groups is 1. The lowest BCUT2D eigenvalue weighted by Crippen LogP contribution is -1.93. The third-order valence-corrected chi connectivity index (χ3v) is 3.06. The van der Waals surface area contributed by atoms with Gasteiger partial charge >= 0.3 is 0 Å². The molecule has 1 aliphatic rings. The molecule has 1 aromatic rings. The second kappa shape index (κ2) is 4.44. The van der Waals surface area contributed by atoms with Crippen molar-refractivity contribution in [2.24, 2.45) is 4.40 Å². The molecule has 1 aromatic carbocycles. The van der Waals surface area contributed by atoms with Gasteiger partial charge in [-0.05, 0) is 30.9 Å². The van der Waals surface area contributed by atoms with Crippen LogP contribution in [-0.4, -0.2) is 16.4 Å². The molecule has 0 atom stereocenters. The van der Waals surface area contributed by atoms with E-state index in [0.717, 1.165) is 0 Å². The summed E-state index contributed by atoms with van der Waals surface area (Å²) in [5.74, 6) is 0. The van der Waals surface area contributed by atoms with E-state index in [2.05, 4.69) is 4.40 Å². The minimum absolute atomic E-state index is 0.109. The molecule has 2 rings (SSSR count). The van der Waals surface area contributed by atoms with Gasteiger partial charge < -0.3 is 0 Å². The minimum atomic E-state index is -0.386. The van der Waals surface area contributed by atoms with Crippen LogP contribution in [0.3, 0.4) is 0 Å². The summed E-state index contributed by atoms with van der Waals surface area (Å²) in [6.45, 7) is 0. The van der Waals surface area contributed by atoms with Crippen molar-refractivity contribution in [1.29, 1.82) is 0 Å². The minimum Gasteiger partial charge on any atom is -0.258 e. The van der Waals surface area contributed by atoms with Gasteiger partial charge in [-0.3, -0.25) is 10.1 Å². The normalized spacial score (nSPS) is 15.7. The Hall–Kier alpha value is -1.36. The standard InChI is InChI=1S/C10H10N2O2S/c13-12(14)10-4-2-1-3-8(10)7-11-15-9-5-6-9/h1-4,7,9H,5-6H2/b11-7+. The topological polar surface area (TPSA) is 55.5 Å². The number of hydrogen-bond donors (Lipinski definition) is 0. The van der Waals surface area contributed by atoms with Crippen LogP contribution in [-0.2, 0) is 0 Å². The van der Waals surface area contributed by atoms with E-state index in [1.165, 1.54) is 30.9 Å². The molecule has 1 saturated carbocycles. The first-order chi connectivity index (χ1) is 7.27. The molecule has 0 unspecified atom stereocenters. The van der Waals surface area contributed by atoms with Gasteiger partial charge in [-0.2, -0.15) is 0 Å². The average molecular weight is 222 g/mol. The molecule has 0 heterocycles. The molecule has 1 aliphatic carbocycles. The SMILES string of the molecule is O=[N+]([O-])c1ccccc1/C=N/SC1CC1. The fourth-order valence-corrected chi connectivity index (χ4v) is 1.80. The van der Waals surface area contributed by atoms with Gasteiger partial charge in [0.1, 0.15) is 0 Å². The molecule has 0 radical (unpaired) electrons. The van der Waals surface area contributed by atoms with E-state index in [1.807, 2.05) is 0 Å². The van der Waals surface area contributed by atoms with Crippen molar-refractivity contribution in [3.8, 4) is 0 Å². The monoisotopic (exact) mass is 222 g/mol. The summed E-state index contributed by atoms with van der Waals surface area (Å²) in [7, 11) is 0. The Labute approximate surface area is 91.7 Å². The predicted octanol–water partition coefficient (Wildman–Crippen LogP) is 2.82. The number of para-hydroxylation sites is 1. The van der Waals surface area contributed by atoms with Gasteiger partial charge in [0, 0.05) is 17.5 Å². The summed E-state index contributed by atoms with van der Waals surface area (Å²) in [6, 6.07) is 6.62. The van der Waals surface area contributed by atoms with Gasteiger partial charge in [-0.15, -0.1) is 0 Å². The molecule has 1 fully saturated rings. The van der Waals surface area contributed by atoms with Gasteiger partial charge in [0.05, 0.1) is 10.5 Å². The summed E-state index contributed by atoms with van der Waals surface area (Å²) in [5.41, 5.74) is 0.674. The first kappa shape index (κ1) is 10.2. The molecular formula is C10H10N2O2S. The quantitative estimate of drug-likeness (QED) is 0.340. The predicted molar refractivity (Wildman–Crippen MR) is 61.3 cm³/mol. The molecular weight excluding hydrogens is 212 g/mol. The summed E-state index contributed by atoms with van der Waals surface area (Å²) in [6.07, 6.45) is 3.99. The van der Waals surface area contributed by atoms with Gasteiger partial charge in [0.15, 0.2) is 0 Å². The van der Waals surface area contributed by atoms with Crippen molar-refractivity contribution in [3.05, 3.63) is 39.9 Å². The highest BCUT2D eigenvalue weighted by atomic mass is 32.2. The third-order valence-electron chi connectivity index (χ3n) is 2.06. The van der Waals surface area contributed by atoms with Crippen molar-refractivity contribution in [2.75, 3.05) is 0 Å². The maximum atomic E-state index is 10.7. The lowest BCUT2D eigenvalue weighted by Gasteiger charge is -1.95. The van der Waals surface area contributed by atoms with Crippen molar-refractivity contribution in [3.63, 3.8) is 0 Å². The number of nitrogens with zero attached hydrogens (tertiary/aromatic N) is 2. The maximum absolute atomic E-state index is 10.7. The van der Waals surface area contributed by atoms with Crippen LogP contribution in [0.4, 0.5) is 5.69 Å².